The van der Waals surface area contributed by atoms with E-state index in [1.807, 2.05) is 36.6 Å². The van der Waals surface area contributed by atoms with Crippen molar-refractivity contribution in [1.82, 2.24) is 24.3 Å². The average molecular weight is 407 g/mol. The molecule has 3 rings (SSSR count). The second kappa shape index (κ2) is 8.15. The van der Waals surface area contributed by atoms with Crippen LogP contribution in [0.1, 0.15) is 12.0 Å². The first-order chi connectivity index (χ1) is 12.8. The third-order valence-corrected chi connectivity index (χ3v) is 5.43. The zero-order valence-corrected chi connectivity index (χ0v) is 17.1. The molecular weight excluding hydrogens is 384 g/mol. The van der Waals surface area contributed by atoms with Gasteiger partial charge in [-0.15, -0.1) is 11.3 Å². The molecule has 2 heterocycles. The number of aryl methyl sites for hydroxylation is 2. The van der Waals surface area contributed by atoms with Gasteiger partial charge < -0.3 is 4.57 Å². The van der Waals surface area contributed by atoms with Crippen molar-refractivity contribution in [2.75, 3.05) is 12.8 Å². The number of nitrogens with one attached hydrogen (secondary N) is 1. The van der Waals surface area contributed by atoms with Gasteiger partial charge in [0.15, 0.2) is 4.80 Å². The maximum atomic E-state index is 11.3. The molecule has 144 valence electrons. The third kappa shape index (κ3) is 5.34. The molecule has 0 bridgehead atoms. The van der Waals surface area contributed by atoms with E-state index < -0.39 is 10.0 Å². The van der Waals surface area contributed by atoms with Crippen LogP contribution in [0.5, 0.6) is 0 Å². The molecule has 0 aliphatic heterocycles. The highest BCUT2D eigenvalue weighted by Crippen LogP contribution is 2.19. The van der Waals surface area contributed by atoms with Crippen LogP contribution in [0.15, 0.2) is 40.8 Å². The van der Waals surface area contributed by atoms with Crippen LogP contribution in [0, 0.1) is 6.92 Å². The van der Waals surface area contributed by atoms with Gasteiger partial charge in [-0.3, -0.25) is 0 Å². The summed E-state index contributed by atoms with van der Waals surface area (Å²) in [6, 6.07) is 8.01. The van der Waals surface area contributed by atoms with Gasteiger partial charge in [0.2, 0.25) is 10.0 Å². The van der Waals surface area contributed by atoms with Gasteiger partial charge in [-0.1, -0.05) is 17.7 Å². The second-order valence-electron chi connectivity index (χ2n) is 6.24. The van der Waals surface area contributed by atoms with Crippen LogP contribution < -0.4 is 9.52 Å². The van der Waals surface area contributed by atoms with E-state index in [0.717, 1.165) is 28.1 Å². The Morgan fingerprint density at radius 2 is 2.00 bits per heavy atom. The van der Waals surface area contributed by atoms with Crippen molar-refractivity contribution < 1.29 is 8.42 Å². The number of thiazole rings is 1. The lowest BCUT2D eigenvalue weighted by atomic mass is 10.2. The van der Waals surface area contributed by atoms with E-state index in [9.17, 15) is 8.42 Å². The minimum Gasteiger partial charge on any atom is -0.315 e. The summed E-state index contributed by atoms with van der Waals surface area (Å²) in [5.41, 5.74) is 3.73. The number of benzene rings is 1. The zero-order valence-electron chi connectivity index (χ0n) is 15.5. The molecule has 8 nitrogen and oxygen atoms in total. The molecule has 0 saturated heterocycles. The lowest BCUT2D eigenvalue weighted by Gasteiger charge is -2.08. The number of hydrogen-bond donors (Lipinski definition) is 1. The molecule has 10 heteroatoms. The Bertz CT molecular complexity index is 1080. The van der Waals surface area contributed by atoms with Gasteiger partial charge in [0.25, 0.3) is 0 Å². The topological polar surface area (TPSA) is 94.2 Å². The first-order valence-electron chi connectivity index (χ1n) is 8.43. The highest BCUT2D eigenvalue weighted by atomic mass is 32.2. The molecule has 0 fully saturated rings. The Morgan fingerprint density at radius 3 is 2.63 bits per heavy atom. The van der Waals surface area contributed by atoms with Gasteiger partial charge in [0.05, 0.1) is 23.8 Å². The molecule has 3 aromatic rings. The van der Waals surface area contributed by atoms with E-state index >= 15 is 0 Å². The number of hydrogen-bond acceptors (Lipinski definition) is 6. The van der Waals surface area contributed by atoms with Gasteiger partial charge in [0, 0.05) is 25.5 Å². The summed E-state index contributed by atoms with van der Waals surface area (Å²) < 4.78 is 27.1. The van der Waals surface area contributed by atoms with Crippen LogP contribution in [0.4, 0.5) is 5.69 Å². The van der Waals surface area contributed by atoms with Crippen LogP contribution in [0.2, 0.25) is 0 Å². The molecule has 0 aliphatic carbocycles. The molecule has 2 aromatic heterocycles. The molecule has 0 atom stereocenters. The van der Waals surface area contributed by atoms with Crippen molar-refractivity contribution in [1.29, 1.82) is 0 Å². The molecule has 0 amide bonds. The molecule has 1 N–H and O–H groups in total. The first kappa shape index (κ1) is 19.5. The fourth-order valence-electron chi connectivity index (χ4n) is 2.53. The average Bonchev–Trinajstić information content (AvgIpc) is 3.19. The van der Waals surface area contributed by atoms with E-state index in [1.54, 1.807) is 13.2 Å². The maximum Gasteiger partial charge on any atom is 0.208 e. The first-order valence-corrected chi connectivity index (χ1v) is 11.2. The van der Waals surface area contributed by atoms with Crippen molar-refractivity contribution in [3.8, 4) is 11.4 Å². The Kier molecular flexibility index (Phi) is 5.88. The van der Waals surface area contributed by atoms with E-state index in [2.05, 4.69) is 19.5 Å². The summed E-state index contributed by atoms with van der Waals surface area (Å²) in [4.78, 5) is 7.10. The van der Waals surface area contributed by atoms with E-state index in [4.69, 9.17) is 4.99 Å². The molecule has 0 aliphatic rings. The smallest absolute Gasteiger partial charge is 0.208 e. The monoisotopic (exact) mass is 406 g/mol. The Hall–Kier alpha value is -2.30. The van der Waals surface area contributed by atoms with Crippen molar-refractivity contribution in [2.24, 2.45) is 12.0 Å². The maximum absolute atomic E-state index is 11.3. The van der Waals surface area contributed by atoms with Gasteiger partial charge in [-0.2, -0.15) is 15.0 Å². The number of aromatic nitrogens is 4. The lowest BCUT2D eigenvalue weighted by molar-refractivity contribution is 0.573. The zero-order chi connectivity index (χ0) is 19.4. The van der Waals surface area contributed by atoms with Crippen LogP contribution >= 0.6 is 11.3 Å². The number of nitrogens with zero attached hydrogens (tertiary/aromatic N) is 5. The summed E-state index contributed by atoms with van der Waals surface area (Å²) in [6.45, 7) is 3.02. The normalized spacial score (nSPS) is 12.6. The molecule has 0 saturated carbocycles. The van der Waals surface area contributed by atoms with Gasteiger partial charge in [-0.05, 0) is 25.5 Å². The Labute approximate surface area is 162 Å². The second-order valence-corrected chi connectivity index (χ2v) is 8.91. The minimum absolute atomic E-state index is 0.367. The molecular formula is C17H22N6O2S2. The molecule has 0 spiro atoms. The predicted molar refractivity (Wildman–Crippen MR) is 106 cm³/mol. The fraction of sp³-hybridized carbons (Fsp3) is 0.353. The van der Waals surface area contributed by atoms with Crippen LogP contribution in [0.3, 0.4) is 0 Å². The number of rotatable bonds is 7. The van der Waals surface area contributed by atoms with E-state index in [1.165, 1.54) is 21.7 Å². The predicted octanol–water partition coefficient (Wildman–Crippen LogP) is 1.83. The van der Waals surface area contributed by atoms with Crippen LogP contribution in [-0.2, 0) is 23.6 Å². The standard InChI is InChI=1S/C17H22N6O2S2/c1-13-5-7-14(8-6-13)20-17-23(10-4-9-19-27(3,24)25)16(12-26-17)15-11-18-22(2)21-15/h5-8,11-12,19H,4,9-10H2,1-3H3. The Morgan fingerprint density at radius 1 is 1.26 bits per heavy atom. The highest BCUT2D eigenvalue weighted by molar-refractivity contribution is 7.88. The van der Waals surface area contributed by atoms with Crippen molar-refractivity contribution >= 4 is 27.0 Å². The SMILES string of the molecule is Cc1ccc(N=c2scc(-c3cnn(C)n3)n2CCCNS(C)(=O)=O)cc1. The largest absolute Gasteiger partial charge is 0.315 e. The summed E-state index contributed by atoms with van der Waals surface area (Å²) in [5.74, 6) is 0. The number of sulfonamides is 1. The lowest BCUT2D eigenvalue weighted by Crippen LogP contribution is -2.25. The van der Waals surface area contributed by atoms with Crippen molar-refractivity contribution in [3.05, 3.63) is 46.2 Å². The van der Waals surface area contributed by atoms with Gasteiger partial charge >= 0.3 is 0 Å². The molecule has 1 aromatic carbocycles. The highest BCUT2D eigenvalue weighted by Gasteiger charge is 2.11. The fourth-order valence-corrected chi connectivity index (χ4v) is 3.98. The van der Waals surface area contributed by atoms with Crippen LogP contribution in [0.25, 0.3) is 11.4 Å². The quantitative estimate of drug-likeness (QED) is 0.606. The Balaban J connectivity index is 1.93. The summed E-state index contributed by atoms with van der Waals surface area (Å²) in [5, 5.41) is 10.5. The van der Waals surface area contributed by atoms with Gasteiger partial charge in [-0.25, -0.2) is 18.1 Å². The van der Waals surface area contributed by atoms with Crippen LogP contribution in [-0.4, -0.2) is 40.8 Å². The molecule has 0 unspecified atom stereocenters. The summed E-state index contributed by atoms with van der Waals surface area (Å²) >= 11 is 1.52. The van der Waals surface area contributed by atoms with Crippen molar-refractivity contribution in [2.45, 2.75) is 19.9 Å². The van der Waals surface area contributed by atoms with Crippen molar-refractivity contribution in [3.63, 3.8) is 0 Å². The molecule has 27 heavy (non-hydrogen) atoms. The third-order valence-electron chi connectivity index (χ3n) is 3.84. The minimum atomic E-state index is -3.19. The summed E-state index contributed by atoms with van der Waals surface area (Å²) in [6.07, 6.45) is 3.51. The van der Waals surface area contributed by atoms with E-state index in [0.29, 0.717) is 19.5 Å². The summed E-state index contributed by atoms with van der Waals surface area (Å²) in [7, 11) is -1.42. The van der Waals surface area contributed by atoms with Gasteiger partial charge in [0.1, 0.15) is 5.69 Å². The molecule has 0 radical (unpaired) electrons. The van der Waals surface area contributed by atoms with E-state index in [-0.39, 0.29) is 0 Å².